The first-order valence-corrected chi connectivity index (χ1v) is 7.05. The molecule has 0 aliphatic heterocycles. The molecule has 2 rings (SSSR count). The number of amides is 1. The predicted molar refractivity (Wildman–Crippen MR) is 83.2 cm³/mol. The van der Waals surface area contributed by atoms with Crippen LogP contribution in [0.25, 0.3) is 0 Å². The first kappa shape index (κ1) is 16.0. The summed E-state index contributed by atoms with van der Waals surface area (Å²) in [6.07, 6.45) is 6.96. The Morgan fingerprint density at radius 1 is 1.27 bits per heavy atom. The number of benzene rings is 1. The van der Waals surface area contributed by atoms with Crippen molar-refractivity contribution in [2.45, 2.75) is 6.42 Å². The summed E-state index contributed by atoms with van der Waals surface area (Å²) in [7, 11) is 0. The standard InChI is InChI=1S/C17H19NO4/c19-10-4-5-14-11-13(12-20)8-9-16(14)18-17(21)22-15-6-2-1-3-7-15/h1-9,14,19-20H,10-12H2,(H,18,21)/b5-4+. The number of hydrogen-bond donors (Lipinski definition) is 3. The molecule has 0 fully saturated rings. The van der Waals surface area contributed by atoms with Crippen LogP contribution in [0.4, 0.5) is 4.79 Å². The lowest BCUT2D eigenvalue weighted by atomic mass is 9.91. The van der Waals surface area contributed by atoms with Crippen LogP contribution < -0.4 is 10.1 Å². The number of hydrogen-bond acceptors (Lipinski definition) is 4. The van der Waals surface area contributed by atoms with Crippen LogP contribution in [-0.4, -0.2) is 29.5 Å². The Bertz CT molecular complexity index is 590. The fraction of sp³-hybridized carbons (Fsp3) is 0.235. The summed E-state index contributed by atoms with van der Waals surface area (Å²) >= 11 is 0. The van der Waals surface area contributed by atoms with E-state index < -0.39 is 6.09 Å². The summed E-state index contributed by atoms with van der Waals surface area (Å²) in [6.45, 7) is -0.0991. The summed E-state index contributed by atoms with van der Waals surface area (Å²) in [6, 6.07) is 8.80. The molecule has 5 nitrogen and oxygen atoms in total. The summed E-state index contributed by atoms with van der Waals surface area (Å²) in [4.78, 5) is 11.9. The van der Waals surface area contributed by atoms with Crippen LogP contribution in [0.1, 0.15) is 6.42 Å². The van der Waals surface area contributed by atoms with E-state index in [4.69, 9.17) is 9.84 Å². The Labute approximate surface area is 129 Å². The fourth-order valence-corrected chi connectivity index (χ4v) is 2.18. The maximum atomic E-state index is 11.9. The van der Waals surface area contributed by atoms with E-state index in [0.717, 1.165) is 5.57 Å². The molecule has 22 heavy (non-hydrogen) atoms. The van der Waals surface area contributed by atoms with Crippen LogP contribution in [0.2, 0.25) is 0 Å². The molecule has 1 unspecified atom stereocenters. The third-order valence-corrected chi connectivity index (χ3v) is 3.26. The number of allylic oxidation sites excluding steroid dienone is 3. The monoisotopic (exact) mass is 301 g/mol. The SMILES string of the molecule is O=C(NC1=CC=C(CO)CC1/C=C/CO)Oc1ccccc1. The molecule has 0 saturated heterocycles. The number of nitrogens with one attached hydrogen (secondary N) is 1. The van der Waals surface area contributed by atoms with Gasteiger partial charge in [0, 0.05) is 11.6 Å². The Hall–Kier alpha value is -2.37. The van der Waals surface area contributed by atoms with Gasteiger partial charge in [-0.1, -0.05) is 36.4 Å². The normalized spacial score (nSPS) is 17.8. The van der Waals surface area contributed by atoms with Crippen molar-refractivity contribution in [1.82, 2.24) is 5.32 Å². The molecular formula is C17H19NO4. The van der Waals surface area contributed by atoms with Crippen LogP contribution in [0.5, 0.6) is 5.75 Å². The van der Waals surface area contributed by atoms with Crippen molar-refractivity contribution >= 4 is 6.09 Å². The van der Waals surface area contributed by atoms with Gasteiger partial charge in [0.25, 0.3) is 0 Å². The van der Waals surface area contributed by atoms with E-state index >= 15 is 0 Å². The summed E-state index contributed by atoms with van der Waals surface area (Å²) in [5, 5.41) is 20.8. The second-order valence-corrected chi connectivity index (χ2v) is 4.85. The number of carbonyl (C=O) groups is 1. The molecule has 116 valence electrons. The molecule has 0 spiro atoms. The zero-order valence-electron chi connectivity index (χ0n) is 12.1. The van der Waals surface area contributed by atoms with Crippen LogP contribution >= 0.6 is 0 Å². The van der Waals surface area contributed by atoms with Gasteiger partial charge >= 0.3 is 6.09 Å². The van der Waals surface area contributed by atoms with E-state index in [0.29, 0.717) is 17.9 Å². The number of para-hydroxylation sites is 1. The van der Waals surface area contributed by atoms with Crippen molar-refractivity contribution in [2.24, 2.45) is 5.92 Å². The van der Waals surface area contributed by atoms with E-state index in [1.165, 1.54) is 0 Å². The van der Waals surface area contributed by atoms with Gasteiger partial charge in [-0.15, -0.1) is 0 Å². The van der Waals surface area contributed by atoms with Crippen LogP contribution in [-0.2, 0) is 0 Å². The highest BCUT2D eigenvalue weighted by molar-refractivity contribution is 5.72. The van der Waals surface area contributed by atoms with Crippen molar-refractivity contribution in [3.63, 3.8) is 0 Å². The van der Waals surface area contributed by atoms with Gasteiger partial charge in [0.15, 0.2) is 0 Å². The second kappa shape index (κ2) is 8.17. The molecule has 1 amide bonds. The number of aliphatic hydroxyl groups excluding tert-OH is 2. The van der Waals surface area contributed by atoms with E-state index in [1.54, 1.807) is 48.6 Å². The summed E-state index contributed by atoms with van der Waals surface area (Å²) < 4.78 is 5.19. The number of rotatable bonds is 5. The molecule has 1 aliphatic carbocycles. The second-order valence-electron chi connectivity index (χ2n) is 4.85. The first-order valence-electron chi connectivity index (χ1n) is 7.05. The number of ether oxygens (including phenoxy) is 1. The first-order chi connectivity index (χ1) is 10.7. The van der Waals surface area contributed by atoms with Crippen molar-refractivity contribution in [2.75, 3.05) is 13.2 Å². The lowest BCUT2D eigenvalue weighted by Gasteiger charge is -2.22. The average molecular weight is 301 g/mol. The van der Waals surface area contributed by atoms with Crippen LogP contribution in [0, 0.1) is 5.92 Å². The molecule has 0 saturated carbocycles. The van der Waals surface area contributed by atoms with Crippen molar-refractivity contribution in [1.29, 1.82) is 0 Å². The minimum absolute atomic E-state index is 0.0261. The smallest absolute Gasteiger partial charge is 0.410 e. The minimum Gasteiger partial charge on any atom is -0.410 e. The predicted octanol–water partition coefficient (Wildman–Crippen LogP) is 2.15. The van der Waals surface area contributed by atoms with Crippen molar-refractivity contribution in [3.05, 3.63) is 65.9 Å². The highest BCUT2D eigenvalue weighted by atomic mass is 16.6. The maximum absolute atomic E-state index is 11.9. The molecule has 3 N–H and O–H groups in total. The molecule has 0 heterocycles. The topological polar surface area (TPSA) is 78.8 Å². The fourth-order valence-electron chi connectivity index (χ4n) is 2.18. The lowest BCUT2D eigenvalue weighted by molar-refractivity contribution is 0.202. The van der Waals surface area contributed by atoms with Gasteiger partial charge < -0.3 is 14.9 Å². The summed E-state index contributed by atoms with van der Waals surface area (Å²) in [5.74, 6) is 0.355. The van der Waals surface area contributed by atoms with Gasteiger partial charge in [0.2, 0.25) is 0 Å². The van der Waals surface area contributed by atoms with Crippen molar-refractivity contribution in [3.8, 4) is 5.75 Å². The molecule has 1 aromatic rings. The van der Waals surface area contributed by atoms with Gasteiger partial charge in [0.05, 0.1) is 13.2 Å². The van der Waals surface area contributed by atoms with Gasteiger partial charge in [-0.2, -0.15) is 0 Å². The Balaban J connectivity index is 2.04. The van der Waals surface area contributed by atoms with Crippen molar-refractivity contribution < 1.29 is 19.7 Å². The largest absolute Gasteiger partial charge is 0.416 e. The molecular weight excluding hydrogens is 282 g/mol. The molecule has 1 aromatic carbocycles. The zero-order chi connectivity index (χ0) is 15.8. The van der Waals surface area contributed by atoms with Gasteiger partial charge in [-0.3, -0.25) is 5.32 Å². The third kappa shape index (κ3) is 4.58. The minimum atomic E-state index is -0.569. The van der Waals surface area contributed by atoms with Gasteiger partial charge in [0.1, 0.15) is 5.75 Å². The number of aliphatic hydroxyl groups is 2. The van der Waals surface area contributed by atoms with Gasteiger partial charge in [-0.25, -0.2) is 4.79 Å². The average Bonchev–Trinajstić information content (AvgIpc) is 2.54. The molecule has 1 atom stereocenters. The quantitative estimate of drug-likeness (QED) is 0.728. The summed E-state index contributed by atoms with van der Waals surface area (Å²) in [5.41, 5.74) is 1.54. The Kier molecular flexibility index (Phi) is 5.94. The maximum Gasteiger partial charge on any atom is 0.416 e. The Morgan fingerprint density at radius 2 is 2.05 bits per heavy atom. The van der Waals surface area contributed by atoms with E-state index in [2.05, 4.69) is 5.32 Å². The van der Waals surface area contributed by atoms with E-state index in [-0.39, 0.29) is 19.1 Å². The van der Waals surface area contributed by atoms with Gasteiger partial charge in [-0.05, 0) is 30.2 Å². The van der Waals surface area contributed by atoms with Crippen LogP contribution in [0.3, 0.4) is 0 Å². The number of carbonyl (C=O) groups excluding carboxylic acids is 1. The Morgan fingerprint density at radius 3 is 2.73 bits per heavy atom. The zero-order valence-corrected chi connectivity index (χ0v) is 12.1. The molecule has 5 heteroatoms. The highest BCUT2D eigenvalue weighted by Crippen LogP contribution is 2.25. The highest BCUT2D eigenvalue weighted by Gasteiger charge is 2.19. The van der Waals surface area contributed by atoms with Crippen LogP contribution in [0.15, 0.2) is 65.9 Å². The third-order valence-electron chi connectivity index (χ3n) is 3.26. The van der Waals surface area contributed by atoms with E-state index in [1.807, 2.05) is 6.07 Å². The molecule has 0 radical (unpaired) electrons. The molecule has 1 aliphatic rings. The molecule has 0 bridgehead atoms. The molecule has 0 aromatic heterocycles. The lowest BCUT2D eigenvalue weighted by Crippen LogP contribution is -2.30. The van der Waals surface area contributed by atoms with E-state index in [9.17, 15) is 9.90 Å².